The molecule has 2 aromatic heterocycles. The molecule has 3 heterocycles. The average molecular weight is 339 g/mol. The Morgan fingerprint density at radius 3 is 2.44 bits per heavy atom. The molecule has 128 valence electrons. The number of halogens is 1. The first-order valence-electron chi connectivity index (χ1n) is 8.25. The second kappa shape index (κ2) is 6.60. The van der Waals surface area contributed by atoms with Gasteiger partial charge in [-0.1, -0.05) is 5.16 Å². The fourth-order valence-corrected chi connectivity index (χ4v) is 2.89. The van der Waals surface area contributed by atoms with Crippen LogP contribution in [0.1, 0.15) is 12.8 Å². The summed E-state index contributed by atoms with van der Waals surface area (Å²) in [6.07, 6.45) is 3.69. The lowest BCUT2D eigenvalue weighted by Crippen LogP contribution is -2.40. The van der Waals surface area contributed by atoms with E-state index in [2.05, 4.69) is 20.0 Å². The van der Waals surface area contributed by atoms with Crippen molar-refractivity contribution >= 4 is 5.82 Å². The Morgan fingerprint density at radius 2 is 1.76 bits per heavy atom. The predicted octanol–water partition coefficient (Wildman–Crippen LogP) is 2.87. The second-order valence-electron chi connectivity index (χ2n) is 6.16. The van der Waals surface area contributed by atoms with E-state index in [4.69, 9.17) is 10.3 Å². The van der Waals surface area contributed by atoms with Crippen LogP contribution < -0.4 is 10.6 Å². The van der Waals surface area contributed by atoms with E-state index in [1.54, 1.807) is 18.3 Å². The van der Waals surface area contributed by atoms with Crippen LogP contribution in [0.4, 0.5) is 10.2 Å². The Bertz CT molecular complexity index is 839. The van der Waals surface area contributed by atoms with Gasteiger partial charge in [-0.25, -0.2) is 9.37 Å². The Kier molecular flexibility index (Phi) is 4.15. The van der Waals surface area contributed by atoms with Crippen LogP contribution >= 0.6 is 0 Å². The van der Waals surface area contributed by atoms with Crippen LogP contribution in [-0.4, -0.2) is 34.3 Å². The Morgan fingerprint density at radius 1 is 1.04 bits per heavy atom. The SMILES string of the molecule is NC1CCN(c2ccc(-c3nc(-c4ccc(F)cc4)no3)cn2)CC1. The monoisotopic (exact) mass is 339 g/mol. The summed E-state index contributed by atoms with van der Waals surface area (Å²) >= 11 is 0. The molecule has 7 heteroatoms. The molecule has 2 N–H and O–H groups in total. The highest BCUT2D eigenvalue weighted by Crippen LogP contribution is 2.24. The summed E-state index contributed by atoms with van der Waals surface area (Å²) in [6, 6.07) is 10.1. The van der Waals surface area contributed by atoms with Crippen molar-refractivity contribution in [1.29, 1.82) is 0 Å². The van der Waals surface area contributed by atoms with E-state index in [-0.39, 0.29) is 5.82 Å². The maximum atomic E-state index is 13.0. The van der Waals surface area contributed by atoms with E-state index in [9.17, 15) is 4.39 Å². The lowest BCUT2D eigenvalue weighted by molar-refractivity contribution is 0.432. The smallest absolute Gasteiger partial charge is 0.259 e. The summed E-state index contributed by atoms with van der Waals surface area (Å²) in [5, 5.41) is 3.95. The van der Waals surface area contributed by atoms with Crippen molar-refractivity contribution in [2.24, 2.45) is 5.73 Å². The molecule has 0 spiro atoms. The predicted molar refractivity (Wildman–Crippen MR) is 92.3 cm³/mol. The second-order valence-corrected chi connectivity index (χ2v) is 6.16. The molecule has 3 aromatic rings. The average Bonchev–Trinajstić information content (AvgIpc) is 3.13. The Balaban J connectivity index is 1.51. The van der Waals surface area contributed by atoms with Crippen LogP contribution in [0.5, 0.6) is 0 Å². The molecule has 0 bridgehead atoms. The van der Waals surface area contributed by atoms with Crippen LogP contribution in [0.2, 0.25) is 0 Å². The number of nitrogens with two attached hydrogens (primary N) is 1. The van der Waals surface area contributed by atoms with Crippen molar-refractivity contribution in [3.63, 3.8) is 0 Å². The standard InChI is InChI=1S/C18H18FN5O/c19-14-4-1-12(2-5-14)17-22-18(25-23-17)13-3-6-16(21-11-13)24-9-7-15(20)8-10-24/h1-6,11,15H,7-10,20H2. The molecule has 0 amide bonds. The summed E-state index contributed by atoms with van der Waals surface area (Å²) in [4.78, 5) is 11.1. The third-order valence-electron chi connectivity index (χ3n) is 4.39. The maximum Gasteiger partial charge on any atom is 0.259 e. The maximum absolute atomic E-state index is 13.0. The first-order chi connectivity index (χ1) is 12.2. The lowest BCUT2D eigenvalue weighted by Gasteiger charge is -2.31. The van der Waals surface area contributed by atoms with Gasteiger partial charge in [-0.15, -0.1) is 0 Å². The minimum atomic E-state index is -0.300. The van der Waals surface area contributed by atoms with Crippen molar-refractivity contribution in [3.8, 4) is 22.8 Å². The zero-order chi connectivity index (χ0) is 17.2. The largest absolute Gasteiger partial charge is 0.357 e. The van der Waals surface area contributed by atoms with E-state index < -0.39 is 0 Å². The van der Waals surface area contributed by atoms with Crippen LogP contribution in [0.25, 0.3) is 22.8 Å². The van der Waals surface area contributed by atoms with Gasteiger partial charge in [-0.05, 0) is 49.2 Å². The van der Waals surface area contributed by atoms with Crippen molar-refractivity contribution in [3.05, 3.63) is 48.4 Å². The molecular formula is C18H18FN5O. The van der Waals surface area contributed by atoms with Gasteiger partial charge in [-0.2, -0.15) is 4.98 Å². The van der Waals surface area contributed by atoms with Gasteiger partial charge in [0.15, 0.2) is 0 Å². The molecule has 1 aromatic carbocycles. The third kappa shape index (κ3) is 3.36. The molecule has 0 radical (unpaired) electrons. The summed E-state index contributed by atoms with van der Waals surface area (Å²) in [5.41, 5.74) is 7.39. The lowest BCUT2D eigenvalue weighted by atomic mass is 10.1. The van der Waals surface area contributed by atoms with E-state index in [0.29, 0.717) is 23.3 Å². The Labute approximate surface area is 144 Å². The number of hydrogen-bond donors (Lipinski definition) is 1. The molecule has 4 rings (SSSR count). The quantitative estimate of drug-likeness (QED) is 0.790. The first-order valence-corrected chi connectivity index (χ1v) is 8.25. The van der Waals surface area contributed by atoms with Gasteiger partial charge in [0.2, 0.25) is 5.82 Å². The minimum Gasteiger partial charge on any atom is -0.357 e. The normalized spacial score (nSPS) is 15.5. The number of hydrogen-bond acceptors (Lipinski definition) is 6. The molecule has 1 fully saturated rings. The van der Waals surface area contributed by atoms with Gasteiger partial charge in [-0.3, -0.25) is 0 Å². The van der Waals surface area contributed by atoms with Crippen molar-refractivity contribution in [2.75, 3.05) is 18.0 Å². The molecule has 1 aliphatic heterocycles. The first kappa shape index (κ1) is 15.7. The summed E-state index contributed by atoms with van der Waals surface area (Å²) in [7, 11) is 0. The van der Waals surface area contributed by atoms with Gasteiger partial charge in [0, 0.05) is 30.9 Å². The molecular weight excluding hydrogens is 321 g/mol. The van der Waals surface area contributed by atoms with Gasteiger partial charge < -0.3 is 15.2 Å². The van der Waals surface area contributed by atoms with Crippen LogP contribution in [0.3, 0.4) is 0 Å². The number of rotatable bonds is 3. The van der Waals surface area contributed by atoms with E-state index >= 15 is 0 Å². The van der Waals surface area contributed by atoms with Gasteiger partial charge >= 0.3 is 0 Å². The number of aromatic nitrogens is 3. The van der Waals surface area contributed by atoms with Gasteiger partial charge in [0.1, 0.15) is 11.6 Å². The molecule has 0 saturated carbocycles. The third-order valence-corrected chi connectivity index (χ3v) is 4.39. The van der Waals surface area contributed by atoms with Crippen LogP contribution in [0, 0.1) is 5.82 Å². The number of piperidine rings is 1. The molecule has 0 aliphatic carbocycles. The minimum absolute atomic E-state index is 0.291. The highest BCUT2D eigenvalue weighted by Gasteiger charge is 2.18. The zero-order valence-electron chi connectivity index (χ0n) is 13.6. The summed E-state index contributed by atoms with van der Waals surface area (Å²) in [5.74, 6) is 1.43. The fourth-order valence-electron chi connectivity index (χ4n) is 2.89. The number of nitrogens with zero attached hydrogens (tertiary/aromatic N) is 4. The number of benzene rings is 1. The van der Waals surface area contributed by atoms with E-state index in [0.717, 1.165) is 37.3 Å². The van der Waals surface area contributed by atoms with E-state index in [1.165, 1.54) is 12.1 Å². The molecule has 25 heavy (non-hydrogen) atoms. The summed E-state index contributed by atoms with van der Waals surface area (Å²) < 4.78 is 18.3. The van der Waals surface area contributed by atoms with E-state index in [1.807, 2.05) is 12.1 Å². The van der Waals surface area contributed by atoms with Crippen molar-refractivity contribution in [2.45, 2.75) is 18.9 Å². The fraction of sp³-hybridized carbons (Fsp3) is 0.278. The molecule has 1 aliphatic rings. The molecule has 6 nitrogen and oxygen atoms in total. The van der Waals surface area contributed by atoms with Crippen LogP contribution in [0.15, 0.2) is 47.1 Å². The van der Waals surface area contributed by atoms with Crippen molar-refractivity contribution < 1.29 is 8.91 Å². The molecule has 1 saturated heterocycles. The number of anilines is 1. The van der Waals surface area contributed by atoms with Gasteiger partial charge in [0.25, 0.3) is 5.89 Å². The zero-order valence-corrected chi connectivity index (χ0v) is 13.6. The van der Waals surface area contributed by atoms with Crippen LogP contribution in [-0.2, 0) is 0 Å². The highest BCUT2D eigenvalue weighted by atomic mass is 19.1. The van der Waals surface area contributed by atoms with Crippen molar-refractivity contribution in [1.82, 2.24) is 15.1 Å². The molecule has 0 unspecified atom stereocenters. The summed E-state index contributed by atoms with van der Waals surface area (Å²) in [6.45, 7) is 1.84. The topological polar surface area (TPSA) is 81.1 Å². The number of pyridine rings is 1. The highest BCUT2D eigenvalue weighted by molar-refractivity contribution is 5.60. The molecule has 0 atom stereocenters. The van der Waals surface area contributed by atoms with Gasteiger partial charge in [0.05, 0.1) is 5.56 Å². The Hall–Kier alpha value is -2.80.